The Kier molecular flexibility index (Phi) is 3.84. The van der Waals surface area contributed by atoms with E-state index < -0.39 is 11.8 Å². The maximum absolute atomic E-state index is 14.0. The van der Waals surface area contributed by atoms with Crippen LogP contribution in [0.2, 0.25) is 0 Å². The van der Waals surface area contributed by atoms with E-state index in [1.54, 1.807) is 24.3 Å². The van der Waals surface area contributed by atoms with E-state index in [2.05, 4.69) is 15.0 Å². The summed E-state index contributed by atoms with van der Waals surface area (Å²) in [5, 5.41) is 8.96. The van der Waals surface area contributed by atoms with Crippen molar-refractivity contribution in [1.82, 2.24) is 19.5 Å². The molecule has 0 radical (unpaired) electrons. The van der Waals surface area contributed by atoms with Gasteiger partial charge >= 0.3 is 5.97 Å². The number of carboxylic acids is 1. The molecule has 0 aliphatic carbocycles. The van der Waals surface area contributed by atoms with Gasteiger partial charge in [-0.3, -0.25) is 4.57 Å². The third kappa shape index (κ3) is 2.94. The van der Waals surface area contributed by atoms with E-state index in [-0.39, 0.29) is 11.5 Å². The quantitative estimate of drug-likeness (QED) is 0.801. The molecule has 0 spiro atoms. The van der Waals surface area contributed by atoms with Gasteiger partial charge in [-0.1, -0.05) is 19.1 Å². The minimum absolute atomic E-state index is 0.0888. The van der Waals surface area contributed by atoms with Gasteiger partial charge in [-0.15, -0.1) is 0 Å². The van der Waals surface area contributed by atoms with Crippen molar-refractivity contribution in [3.05, 3.63) is 60.1 Å². The van der Waals surface area contributed by atoms with Crippen LogP contribution >= 0.6 is 0 Å². The molecule has 0 fully saturated rings. The highest BCUT2D eigenvalue weighted by Gasteiger charge is 2.13. The van der Waals surface area contributed by atoms with Crippen molar-refractivity contribution in [3.63, 3.8) is 0 Å². The van der Waals surface area contributed by atoms with Crippen LogP contribution < -0.4 is 0 Å². The molecule has 2 aromatic heterocycles. The molecule has 0 unspecified atom stereocenters. The summed E-state index contributed by atoms with van der Waals surface area (Å²) in [5.41, 5.74) is 0.926. The van der Waals surface area contributed by atoms with Crippen molar-refractivity contribution < 1.29 is 14.3 Å². The van der Waals surface area contributed by atoms with Crippen LogP contribution in [0.3, 0.4) is 0 Å². The van der Waals surface area contributed by atoms with Crippen LogP contribution in [0.5, 0.6) is 0 Å². The van der Waals surface area contributed by atoms with E-state index >= 15 is 0 Å². The number of hydrogen-bond donors (Lipinski definition) is 1. The number of imidazole rings is 1. The average Bonchev–Trinajstić information content (AvgIpc) is 3.05. The largest absolute Gasteiger partial charge is 0.476 e. The second-order valence-corrected chi connectivity index (χ2v) is 4.85. The number of nitrogens with zero attached hydrogens (tertiary/aromatic N) is 4. The molecule has 1 N–H and O–H groups in total. The van der Waals surface area contributed by atoms with Crippen LogP contribution in [0.4, 0.5) is 4.39 Å². The number of carboxylic acid groups (broad SMARTS) is 1. The van der Waals surface area contributed by atoms with Crippen LogP contribution in [0, 0.1) is 5.82 Å². The van der Waals surface area contributed by atoms with Crippen molar-refractivity contribution >= 4 is 5.97 Å². The van der Waals surface area contributed by atoms with Crippen molar-refractivity contribution in [2.45, 2.75) is 13.3 Å². The fourth-order valence-electron chi connectivity index (χ4n) is 2.12. The smallest absolute Gasteiger partial charge is 0.356 e. The van der Waals surface area contributed by atoms with Gasteiger partial charge in [0.15, 0.2) is 11.5 Å². The van der Waals surface area contributed by atoms with Crippen molar-refractivity contribution in [1.29, 1.82) is 0 Å². The molecular weight excluding hydrogens is 299 g/mol. The highest BCUT2D eigenvalue weighted by molar-refractivity contribution is 5.85. The van der Waals surface area contributed by atoms with E-state index in [1.165, 1.54) is 23.2 Å². The summed E-state index contributed by atoms with van der Waals surface area (Å²) in [5.74, 6) is -0.843. The number of aromatic nitrogens is 4. The molecule has 0 aliphatic rings. The maximum Gasteiger partial charge on any atom is 0.356 e. The van der Waals surface area contributed by atoms with E-state index in [9.17, 15) is 9.18 Å². The molecule has 116 valence electrons. The highest BCUT2D eigenvalue weighted by atomic mass is 19.1. The molecule has 2 heterocycles. The first-order valence-electron chi connectivity index (χ1n) is 6.99. The lowest BCUT2D eigenvalue weighted by Gasteiger charge is -2.08. The van der Waals surface area contributed by atoms with Gasteiger partial charge in [0.2, 0.25) is 0 Å². The van der Waals surface area contributed by atoms with Crippen molar-refractivity contribution in [2.75, 3.05) is 0 Å². The van der Waals surface area contributed by atoms with Crippen molar-refractivity contribution in [3.8, 4) is 17.2 Å². The zero-order valence-corrected chi connectivity index (χ0v) is 12.3. The molecule has 6 nitrogen and oxygen atoms in total. The molecule has 0 atom stereocenters. The summed E-state index contributed by atoms with van der Waals surface area (Å²) in [6, 6.07) is 7.97. The van der Waals surface area contributed by atoms with Gasteiger partial charge in [0.25, 0.3) is 0 Å². The van der Waals surface area contributed by atoms with E-state index in [4.69, 9.17) is 5.11 Å². The first-order chi connectivity index (χ1) is 11.1. The number of aromatic carboxylic acids is 1. The lowest BCUT2D eigenvalue weighted by atomic mass is 10.2. The molecule has 3 aromatic rings. The summed E-state index contributed by atoms with van der Waals surface area (Å²) < 4.78 is 15.5. The summed E-state index contributed by atoms with van der Waals surface area (Å²) in [4.78, 5) is 23.4. The second kappa shape index (κ2) is 5.96. The maximum atomic E-state index is 14.0. The first kappa shape index (κ1) is 14.8. The van der Waals surface area contributed by atoms with Gasteiger partial charge in [-0.05, 0) is 18.6 Å². The summed E-state index contributed by atoms with van der Waals surface area (Å²) in [6.45, 7) is 1.92. The Morgan fingerprint density at radius 3 is 2.74 bits per heavy atom. The van der Waals surface area contributed by atoms with Crippen LogP contribution in [0.1, 0.15) is 23.1 Å². The lowest BCUT2D eigenvalue weighted by molar-refractivity contribution is 0.0691. The Bertz CT molecular complexity index is 876. The summed E-state index contributed by atoms with van der Waals surface area (Å²) >= 11 is 0. The Balaban J connectivity index is 2.13. The topological polar surface area (TPSA) is 80.9 Å². The molecule has 7 heteroatoms. The Hall–Kier alpha value is -3.09. The first-order valence-corrected chi connectivity index (χ1v) is 6.99. The number of aryl methyl sites for hydroxylation is 1. The van der Waals surface area contributed by atoms with Crippen molar-refractivity contribution in [2.24, 2.45) is 0 Å². The number of halogens is 1. The molecule has 0 saturated carbocycles. The van der Waals surface area contributed by atoms with Gasteiger partial charge in [0.1, 0.15) is 18.0 Å². The minimum Gasteiger partial charge on any atom is -0.476 e. The molecule has 0 saturated heterocycles. The minimum atomic E-state index is -1.12. The standard InChI is InChI=1S/C16H13FN4O2/c1-2-10-7-14(21-8-13(16(22)23)18-9-21)20-15(19-10)11-5-3-4-6-12(11)17/h3-9H,2H2,1H3,(H,22,23). The van der Waals surface area contributed by atoms with Crippen LogP contribution in [0.15, 0.2) is 42.9 Å². The monoisotopic (exact) mass is 312 g/mol. The van der Waals surface area contributed by atoms with Gasteiger partial charge < -0.3 is 5.11 Å². The molecular formula is C16H13FN4O2. The van der Waals surface area contributed by atoms with Gasteiger partial charge in [0, 0.05) is 18.0 Å². The van der Waals surface area contributed by atoms with Gasteiger partial charge in [0.05, 0.1) is 5.56 Å². The summed E-state index contributed by atoms with van der Waals surface area (Å²) in [7, 11) is 0. The predicted molar refractivity (Wildman–Crippen MR) is 80.9 cm³/mol. The van der Waals surface area contributed by atoms with E-state index in [1.807, 2.05) is 6.92 Å². The number of benzene rings is 1. The second-order valence-electron chi connectivity index (χ2n) is 4.85. The molecule has 0 bridgehead atoms. The summed E-state index contributed by atoms with van der Waals surface area (Å²) in [6.07, 6.45) is 3.35. The third-order valence-electron chi connectivity index (χ3n) is 3.31. The Morgan fingerprint density at radius 2 is 2.09 bits per heavy atom. The van der Waals surface area contributed by atoms with Crippen LogP contribution in [0.25, 0.3) is 17.2 Å². The molecule has 0 aliphatic heterocycles. The fraction of sp³-hybridized carbons (Fsp3) is 0.125. The van der Waals surface area contributed by atoms with Gasteiger partial charge in [-0.2, -0.15) is 0 Å². The molecule has 23 heavy (non-hydrogen) atoms. The lowest BCUT2D eigenvalue weighted by Crippen LogP contribution is -2.03. The van der Waals surface area contributed by atoms with Gasteiger partial charge in [-0.25, -0.2) is 24.1 Å². The zero-order valence-electron chi connectivity index (χ0n) is 12.3. The van der Waals surface area contributed by atoms with Crippen LogP contribution in [-0.2, 0) is 6.42 Å². The number of hydrogen-bond acceptors (Lipinski definition) is 4. The Morgan fingerprint density at radius 1 is 1.30 bits per heavy atom. The number of carbonyl (C=O) groups is 1. The predicted octanol–water partition coefficient (Wildman–Crippen LogP) is 2.73. The fourth-order valence-corrected chi connectivity index (χ4v) is 2.12. The third-order valence-corrected chi connectivity index (χ3v) is 3.31. The normalized spacial score (nSPS) is 10.7. The molecule has 3 rings (SSSR count). The average molecular weight is 312 g/mol. The van der Waals surface area contributed by atoms with Crippen LogP contribution in [-0.4, -0.2) is 30.6 Å². The zero-order chi connectivity index (χ0) is 16.4. The SMILES string of the molecule is CCc1cc(-n2cnc(C(=O)O)c2)nc(-c2ccccc2F)n1. The van der Waals surface area contributed by atoms with E-state index in [0.717, 1.165) is 5.69 Å². The Labute approximate surface area is 131 Å². The molecule has 0 amide bonds. The van der Waals surface area contributed by atoms with E-state index in [0.29, 0.717) is 17.8 Å². The number of rotatable bonds is 4. The molecule has 1 aromatic carbocycles. The highest BCUT2D eigenvalue weighted by Crippen LogP contribution is 2.21.